The summed E-state index contributed by atoms with van der Waals surface area (Å²) in [6.45, 7) is 6.74. The molecule has 6 heteroatoms. The summed E-state index contributed by atoms with van der Waals surface area (Å²) in [5, 5.41) is 0. The van der Waals surface area contributed by atoms with E-state index in [2.05, 4.69) is 16.7 Å². The first-order chi connectivity index (χ1) is 14.6. The first-order valence-electron chi connectivity index (χ1n) is 11.5. The van der Waals surface area contributed by atoms with Gasteiger partial charge in [0, 0.05) is 45.2 Å². The minimum Gasteiger partial charge on any atom is -0.497 e. The molecule has 1 unspecified atom stereocenters. The maximum Gasteiger partial charge on any atom is 0.236 e. The van der Waals surface area contributed by atoms with Crippen LogP contribution in [-0.2, 0) is 16.0 Å². The summed E-state index contributed by atoms with van der Waals surface area (Å²) in [5.41, 5.74) is 1.15. The number of nitrogens with zero attached hydrogens (tertiary/aromatic N) is 3. The van der Waals surface area contributed by atoms with E-state index >= 15 is 0 Å². The standard InChI is InChI=1S/C24H37N3O3/c1-3-21-7-4-5-16-27(21)24(29)19-25-14-6-15-26(18-17-25)23(28)13-10-20-8-11-22(30-2)12-9-20/h8-9,11-12,21H,3-7,10,13-19H2,1-2H3. The van der Waals surface area contributed by atoms with Gasteiger partial charge in [-0.2, -0.15) is 0 Å². The van der Waals surface area contributed by atoms with Gasteiger partial charge in [-0.05, 0) is 56.2 Å². The van der Waals surface area contributed by atoms with Crippen molar-refractivity contribution in [2.75, 3.05) is 46.4 Å². The number of rotatable bonds is 7. The molecule has 2 saturated heterocycles. The number of hydrogen-bond acceptors (Lipinski definition) is 4. The molecule has 0 bridgehead atoms. The maximum atomic E-state index is 12.9. The lowest BCUT2D eigenvalue weighted by atomic mass is 10.00. The van der Waals surface area contributed by atoms with Crippen molar-refractivity contribution >= 4 is 11.8 Å². The summed E-state index contributed by atoms with van der Waals surface area (Å²) in [6, 6.07) is 8.32. The fraction of sp³-hybridized carbons (Fsp3) is 0.667. The largest absolute Gasteiger partial charge is 0.497 e. The van der Waals surface area contributed by atoms with E-state index in [-0.39, 0.29) is 11.8 Å². The summed E-state index contributed by atoms with van der Waals surface area (Å²) in [5.74, 6) is 1.31. The van der Waals surface area contributed by atoms with Gasteiger partial charge in [-0.1, -0.05) is 19.1 Å². The predicted molar refractivity (Wildman–Crippen MR) is 119 cm³/mol. The van der Waals surface area contributed by atoms with Crippen molar-refractivity contribution in [3.8, 4) is 5.75 Å². The highest BCUT2D eigenvalue weighted by molar-refractivity contribution is 5.79. The van der Waals surface area contributed by atoms with Gasteiger partial charge in [0.25, 0.3) is 0 Å². The maximum absolute atomic E-state index is 12.9. The summed E-state index contributed by atoms with van der Waals surface area (Å²) < 4.78 is 5.19. The van der Waals surface area contributed by atoms with Crippen molar-refractivity contribution in [1.29, 1.82) is 0 Å². The van der Waals surface area contributed by atoms with Crippen molar-refractivity contribution in [2.24, 2.45) is 0 Å². The topological polar surface area (TPSA) is 53.1 Å². The third-order valence-electron chi connectivity index (χ3n) is 6.51. The Labute approximate surface area is 181 Å². The summed E-state index contributed by atoms with van der Waals surface area (Å²) in [7, 11) is 1.66. The van der Waals surface area contributed by atoms with Crippen molar-refractivity contribution in [3.63, 3.8) is 0 Å². The first-order valence-corrected chi connectivity index (χ1v) is 11.5. The number of likely N-dealkylation sites (tertiary alicyclic amines) is 1. The molecule has 1 atom stereocenters. The van der Waals surface area contributed by atoms with Crippen molar-refractivity contribution in [1.82, 2.24) is 14.7 Å². The van der Waals surface area contributed by atoms with Gasteiger partial charge in [-0.3, -0.25) is 14.5 Å². The van der Waals surface area contributed by atoms with Gasteiger partial charge in [0.2, 0.25) is 11.8 Å². The predicted octanol–water partition coefficient (Wildman–Crippen LogP) is 2.95. The average molecular weight is 416 g/mol. The SMILES string of the molecule is CCC1CCCCN1C(=O)CN1CCCN(C(=O)CCc2ccc(OC)cc2)CC1. The van der Waals surface area contributed by atoms with E-state index in [4.69, 9.17) is 4.74 Å². The highest BCUT2D eigenvalue weighted by atomic mass is 16.5. The number of benzene rings is 1. The third kappa shape index (κ3) is 6.21. The van der Waals surface area contributed by atoms with Gasteiger partial charge in [-0.15, -0.1) is 0 Å². The zero-order valence-electron chi connectivity index (χ0n) is 18.6. The number of piperidine rings is 1. The lowest BCUT2D eigenvalue weighted by Gasteiger charge is -2.36. The lowest BCUT2D eigenvalue weighted by molar-refractivity contribution is -0.136. The zero-order chi connectivity index (χ0) is 21.3. The Balaban J connectivity index is 1.44. The number of carbonyl (C=O) groups is 2. The van der Waals surface area contributed by atoms with Crippen molar-refractivity contribution < 1.29 is 14.3 Å². The van der Waals surface area contributed by atoms with Gasteiger partial charge in [0.15, 0.2) is 0 Å². The molecule has 6 nitrogen and oxygen atoms in total. The first kappa shape index (κ1) is 22.6. The molecule has 0 aromatic heterocycles. The number of ether oxygens (including phenoxy) is 1. The Morgan fingerprint density at radius 2 is 1.77 bits per heavy atom. The molecule has 2 heterocycles. The van der Waals surface area contributed by atoms with Crippen molar-refractivity contribution in [2.45, 2.75) is 57.9 Å². The average Bonchev–Trinajstić information content (AvgIpc) is 3.03. The Morgan fingerprint density at radius 3 is 2.50 bits per heavy atom. The van der Waals surface area contributed by atoms with Gasteiger partial charge in [0.05, 0.1) is 13.7 Å². The van der Waals surface area contributed by atoms with Crippen LogP contribution in [-0.4, -0.2) is 78.9 Å². The van der Waals surface area contributed by atoms with Crippen LogP contribution in [0.3, 0.4) is 0 Å². The molecular weight excluding hydrogens is 378 g/mol. The molecule has 0 N–H and O–H groups in total. The second-order valence-corrected chi connectivity index (χ2v) is 8.50. The molecule has 3 rings (SSSR count). The molecule has 0 aliphatic carbocycles. The van der Waals surface area contributed by atoms with Crippen LogP contribution in [0.5, 0.6) is 5.75 Å². The molecule has 2 amide bonds. The van der Waals surface area contributed by atoms with Crippen molar-refractivity contribution in [3.05, 3.63) is 29.8 Å². The van der Waals surface area contributed by atoms with E-state index in [1.165, 1.54) is 6.42 Å². The smallest absolute Gasteiger partial charge is 0.236 e. The molecule has 1 aromatic carbocycles. The minimum atomic E-state index is 0.209. The Morgan fingerprint density at radius 1 is 0.967 bits per heavy atom. The molecule has 0 radical (unpaired) electrons. The van der Waals surface area contributed by atoms with E-state index in [9.17, 15) is 9.59 Å². The highest BCUT2D eigenvalue weighted by Gasteiger charge is 2.27. The van der Waals surface area contributed by atoms with Crippen LogP contribution in [0.15, 0.2) is 24.3 Å². The third-order valence-corrected chi connectivity index (χ3v) is 6.51. The number of carbonyl (C=O) groups excluding carboxylic acids is 2. The second-order valence-electron chi connectivity index (χ2n) is 8.50. The molecule has 30 heavy (non-hydrogen) atoms. The number of hydrogen-bond donors (Lipinski definition) is 0. The molecule has 2 aliphatic heterocycles. The molecule has 0 spiro atoms. The van der Waals surface area contributed by atoms with E-state index in [0.29, 0.717) is 25.6 Å². The number of aryl methyl sites for hydroxylation is 1. The molecular formula is C24H37N3O3. The van der Waals surface area contributed by atoms with Crippen LogP contribution in [0.25, 0.3) is 0 Å². The highest BCUT2D eigenvalue weighted by Crippen LogP contribution is 2.20. The van der Waals surface area contributed by atoms with E-state index in [1.807, 2.05) is 29.2 Å². The second kappa shape index (κ2) is 11.3. The lowest BCUT2D eigenvalue weighted by Crippen LogP contribution is -2.48. The fourth-order valence-corrected chi connectivity index (χ4v) is 4.62. The van der Waals surface area contributed by atoms with Crippen LogP contribution in [0, 0.1) is 0 Å². The number of amides is 2. The van der Waals surface area contributed by atoms with E-state index in [0.717, 1.165) is 69.6 Å². The Hall–Kier alpha value is -2.08. The molecule has 1 aromatic rings. The molecule has 2 fully saturated rings. The van der Waals surface area contributed by atoms with Crippen LogP contribution < -0.4 is 4.74 Å². The normalized spacial score (nSPS) is 20.7. The van der Waals surface area contributed by atoms with Gasteiger partial charge >= 0.3 is 0 Å². The molecule has 2 aliphatic rings. The van der Waals surface area contributed by atoms with Gasteiger partial charge < -0.3 is 14.5 Å². The van der Waals surface area contributed by atoms with E-state index in [1.54, 1.807) is 7.11 Å². The van der Waals surface area contributed by atoms with Gasteiger partial charge in [0.1, 0.15) is 5.75 Å². The van der Waals surface area contributed by atoms with Crippen LogP contribution >= 0.6 is 0 Å². The molecule has 166 valence electrons. The summed E-state index contributed by atoms with van der Waals surface area (Å²) >= 11 is 0. The summed E-state index contributed by atoms with van der Waals surface area (Å²) in [4.78, 5) is 31.9. The minimum absolute atomic E-state index is 0.209. The Bertz CT molecular complexity index is 691. The molecule has 0 saturated carbocycles. The summed E-state index contributed by atoms with van der Waals surface area (Å²) in [6.07, 6.45) is 6.74. The van der Waals surface area contributed by atoms with Crippen LogP contribution in [0.2, 0.25) is 0 Å². The number of methoxy groups -OCH3 is 1. The Kier molecular flexibility index (Phi) is 8.55. The monoisotopic (exact) mass is 415 g/mol. The van der Waals surface area contributed by atoms with Gasteiger partial charge in [-0.25, -0.2) is 0 Å². The van der Waals surface area contributed by atoms with Crippen LogP contribution in [0.4, 0.5) is 0 Å². The van der Waals surface area contributed by atoms with E-state index < -0.39 is 0 Å². The zero-order valence-corrected chi connectivity index (χ0v) is 18.6. The quantitative estimate of drug-likeness (QED) is 0.687. The van der Waals surface area contributed by atoms with Crippen LogP contribution in [0.1, 0.15) is 51.0 Å². The fourth-order valence-electron chi connectivity index (χ4n) is 4.62.